The van der Waals surface area contributed by atoms with E-state index < -0.39 is 5.91 Å². The first kappa shape index (κ1) is 20.8. The van der Waals surface area contributed by atoms with Crippen molar-refractivity contribution in [2.75, 3.05) is 31.7 Å². The third-order valence-corrected chi connectivity index (χ3v) is 4.70. The second-order valence-corrected chi connectivity index (χ2v) is 6.86. The number of benzene rings is 2. The van der Waals surface area contributed by atoms with Crippen molar-refractivity contribution >= 4 is 23.1 Å². The van der Waals surface area contributed by atoms with Crippen LogP contribution in [0, 0.1) is 0 Å². The quantitative estimate of drug-likeness (QED) is 0.497. The average molecular weight is 398 g/mol. The molecule has 1 amide bonds. The Morgan fingerprint density at radius 2 is 1.83 bits per heavy atom. The molecule has 3 rings (SSSR count). The van der Waals surface area contributed by atoms with Gasteiger partial charge in [0.1, 0.15) is 12.4 Å². The summed E-state index contributed by atoms with van der Waals surface area (Å²) in [6.07, 6.45) is 2.11. The van der Waals surface area contributed by atoms with Crippen molar-refractivity contribution in [3.05, 3.63) is 53.6 Å². The van der Waals surface area contributed by atoms with Gasteiger partial charge in [-0.05, 0) is 56.2 Å². The van der Waals surface area contributed by atoms with Crippen molar-refractivity contribution in [3.8, 4) is 5.75 Å². The van der Waals surface area contributed by atoms with Gasteiger partial charge in [0.05, 0.1) is 24.0 Å². The van der Waals surface area contributed by atoms with E-state index >= 15 is 0 Å². The number of hydrogen-bond acceptors (Lipinski definition) is 6. The molecule has 0 saturated carbocycles. The molecule has 7 nitrogen and oxygen atoms in total. The summed E-state index contributed by atoms with van der Waals surface area (Å²) in [5.41, 5.74) is 7.50. The topological polar surface area (TPSA) is 99.9 Å². The normalized spacial score (nSPS) is 14.4. The minimum absolute atomic E-state index is 0.0872. The molecule has 1 saturated heterocycles. The summed E-state index contributed by atoms with van der Waals surface area (Å²) in [6, 6.07) is 12.1. The maximum atomic E-state index is 11.7. The molecule has 0 aliphatic carbocycles. The zero-order valence-corrected chi connectivity index (χ0v) is 16.5. The Morgan fingerprint density at radius 1 is 1.10 bits per heavy atom. The predicted molar refractivity (Wildman–Crippen MR) is 110 cm³/mol. The Balaban J connectivity index is 1.55. The SMILES string of the molecule is CC(=O)c1ccc(C(N)=O)c(Nc2ccc(OCCOC3CCOCC3)cc2)c1. The summed E-state index contributed by atoms with van der Waals surface area (Å²) in [5.74, 6) is 0.0709. The molecule has 1 fully saturated rings. The molecular formula is C22H26N2O5. The van der Waals surface area contributed by atoms with E-state index in [2.05, 4.69) is 5.32 Å². The van der Waals surface area contributed by atoms with E-state index in [4.69, 9.17) is 19.9 Å². The molecule has 2 aromatic carbocycles. The van der Waals surface area contributed by atoms with Crippen LogP contribution >= 0.6 is 0 Å². The summed E-state index contributed by atoms with van der Waals surface area (Å²) < 4.78 is 16.8. The first-order valence-corrected chi connectivity index (χ1v) is 9.67. The third-order valence-electron chi connectivity index (χ3n) is 4.70. The molecule has 29 heavy (non-hydrogen) atoms. The highest BCUT2D eigenvalue weighted by atomic mass is 16.5. The van der Waals surface area contributed by atoms with Gasteiger partial charge in [-0.25, -0.2) is 0 Å². The molecule has 3 N–H and O–H groups in total. The maximum absolute atomic E-state index is 11.7. The Hall–Kier alpha value is -2.90. The van der Waals surface area contributed by atoms with Crippen LogP contribution in [0.3, 0.4) is 0 Å². The number of anilines is 2. The average Bonchev–Trinajstić information content (AvgIpc) is 2.73. The van der Waals surface area contributed by atoms with E-state index in [0.29, 0.717) is 30.0 Å². The number of ketones is 1. The van der Waals surface area contributed by atoms with E-state index in [1.807, 2.05) is 24.3 Å². The standard InChI is InChI=1S/C22H26N2O5/c1-15(25)16-2-7-20(22(23)26)21(14-16)24-17-3-5-18(6-4-17)28-12-13-29-19-8-10-27-11-9-19/h2-7,14,19,24H,8-13H2,1H3,(H2,23,26). The van der Waals surface area contributed by atoms with Crippen molar-refractivity contribution < 1.29 is 23.8 Å². The van der Waals surface area contributed by atoms with Crippen LogP contribution in [0.2, 0.25) is 0 Å². The van der Waals surface area contributed by atoms with Crippen molar-refractivity contribution in [1.82, 2.24) is 0 Å². The van der Waals surface area contributed by atoms with Crippen LogP contribution in [0.5, 0.6) is 5.75 Å². The number of amides is 1. The number of Topliss-reactive ketones (excluding diaryl/α,β-unsaturated/α-hetero) is 1. The first-order valence-electron chi connectivity index (χ1n) is 9.67. The maximum Gasteiger partial charge on any atom is 0.250 e. The summed E-state index contributed by atoms with van der Waals surface area (Å²) >= 11 is 0. The lowest BCUT2D eigenvalue weighted by Gasteiger charge is -2.22. The highest BCUT2D eigenvalue weighted by Gasteiger charge is 2.14. The first-order chi connectivity index (χ1) is 14.0. The van der Waals surface area contributed by atoms with Gasteiger partial charge >= 0.3 is 0 Å². The molecule has 1 aliphatic rings. The largest absolute Gasteiger partial charge is 0.491 e. The van der Waals surface area contributed by atoms with Gasteiger partial charge in [0, 0.05) is 24.5 Å². The smallest absolute Gasteiger partial charge is 0.250 e. The number of primary amides is 1. The summed E-state index contributed by atoms with van der Waals surface area (Å²) in [5, 5.41) is 3.14. The lowest BCUT2D eigenvalue weighted by Crippen LogP contribution is -2.25. The second kappa shape index (κ2) is 10.0. The third kappa shape index (κ3) is 6.04. The van der Waals surface area contributed by atoms with Crippen LogP contribution in [0.25, 0.3) is 0 Å². The zero-order valence-electron chi connectivity index (χ0n) is 16.5. The van der Waals surface area contributed by atoms with Crippen LogP contribution in [-0.2, 0) is 9.47 Å². The Morgan fingerprint density at radius 3 is 2.48 bits per heavy atom. The number of nitrogens with two attached hydrogens (primary N) is 1. The van der Waals surface area contributed by atoms with Gasteiger partial charge in [0.2, 0.25) is 0 Å². The highest BCUT2D eigenvalue weighted by molar-refractivity contribution is 6.02. The van der Waals surface area contributed by atoms with E-state index in [0.717, 1.165) is 37.5 Å². The molecule has 0 spiro atoms. The monoisotopic (exact) mass is 398 g/mol. The second-order valence-electron chi connectivity index (χ2n) is 6.86. The Bertz CT molecular complexity index is 845. The highest BCUT2D eigenvalue weighted by Crippen LogP contribution is 2.24. The van der Waals surface area contributed by atoms with Crippen molar-refractivity contribution in [2.24, 2.45) is 5.73 Å². The molecule has 1 heterocycles. The number of carbonyl (C=O) groups excluding carboxylic acids is 2. The Kier molecular flexibility index (Phi) is 7.21. The molecule has 1 aliphatic heterocycles. The summed E-state index contributed by atoms with van der Waals surface area (Å²) in [6.45, 7) is 3.99. The summed E-state index contributed by atoms with van der Waals surface area (Å²) in [7, 11) is 0. The minimum atomic E-state index is -0.563. The number of ether oxygens (including phenoxy) is 3. The van der Waals surface area contributed by atoms with Gasteiger partial charge in [0.25, 0.3) is 5.91 Å². The van der Waals surface area contributed by atoms with Gasteiger partial charge in [-0.15, -0.1) is 0 Å². The van der Waals surface area contributed by atoms with Gasteiger partial charge < -0.3 is 25.3 Å². The van der Waals surface area contributed by atoms with Crippen LogP contribution in [-0.4, -0.2) is 44.2 Å². The van der Waals surface area contributed by atoms with Crippen LogP contribution in [0.4, 0.5) is 11.4 Å². The van der Waals surface area contributed by atoms with Gasteiger partial charge in [-0.1, -0.05) is 6.07 Å². The molecule has 0 aromatic heterocycles. The van der Waals surface area contributed by atoms with Crippen molar-refractivity contribution in [3.63, 3.8) is 0 Å². The van der Waals surface area contributed by atoms with Gasteiger partial charge in [-0.3, -0.25) is 9.59 Å². The summed E-state index contributed by atoms with van der Waals surface area (Å²) in [4.78, 5) is 23.3. The molecule has 154 valence electrons. The Labute approximate surface area is 170 Å². The van der Waals surface area contributed by atoms with Gasteiger partial charge in [0.15, 0.2) is 5.78 Å². The lowest BCUT2D eigenvalue weighted by atomic mass is 10.1. The molecule has 0 unspecified atom stereocenters. The zero-order chi connectivity index (χ0) is 20.6. The molecule has 2 aromatic rings. The number of nitrogens with one attached hydrogen (secondary N) is 1. The predicted octanol–water partition coefficient (Wildman–Crippen LogP) is 3.31. The van der Waals surface area contributed by atoms with Crippen LogP contribution < -0.4 is 15.8 Å². The number of carbonyl (C=O) groups is 2. The van der Waals surface area contributed by atoms with Gasteiger partial charge in [-0.2, -0.15) is 0 Å². The fourth-order valence-corrected chi connectivity index (χ4v) is 3.09. The minimum Gasteiger partial charge on any atom is -0.491 e. The van der Waals surface area contributed by atoms with E-state index in [9.17, 15) is 9.59 Å². The molecular weight excluding hydrogens is 372 g/mol. The van der Waals surface area contributed by atoms with Crippen LogP contribution in [0.15, 0.2) is 42.5 Å². The molecule has 0 bridgehead atoms. The van der Waals surface area contributed by atoms with Crippen LogP contribution in [0.1, 0.15) is 40.5 Å². The van der Waals surface area contributed by atoms with E-state index in [1.54, 1.807) is 18.2 Å². The fraction of sp³-hybridized carbons (Fsp3) is 0.364. The molecule has 0 radical (unpaired) electrons. The number of hydrogen-bond donors (Lipinski definition) is 2. The molecule has 0 atom stereocenters. The van der Waals surface area contributed by atoms with E-state index in [1.165, 1.54) is 6.92 Å². The van der Waals surface area contributed by atoms with Crippen molar-refractivity contribution in [1.29, 1.82) is 0 Å². The van der Waals surface area contributed by atoms with E-state index in [-0.39, 0.29) is 11.9 Å². The molecule has 7 heteroatoms. The fourth-order valence-electron chi connectivity index (χ4n) is 3.09. The lowest BCUT2D eigenvalue weighted by molar-refractivity contribution is -0.0388. The number of rotatable bonds is 9. The van der Waals surface area contributed by atoms with Crippen molar-refractivity contribution in [2.45, 2.75) is 25.9 Å².